The number of hydrogen-bond acceptors (Lipinski definition) is 5. The van der Waals surface area contributed by atoms with E-state index in [1.54, 1.807) is 11.3 Å². The van der Waals surface area contributed by atoms with Crippen LogP contribution in [0.2, 0.25) is 0 Å². The molecule has 13 rings (SSSR count). The zero-order valence-corrected chi connectivity index (χ0v) is 37.8. The van der Waals surface area contributed by atoms with Gasteiger partial charge in [-0.3, -0.25) is 20.8 Å². The number of aryl methyl sites for hydroxylation is 3. The first-order chi connectivity index (χ1) is 30.0. The summed E-state index contributed by atoms with van der Waals surface area (Å²) in [5.41, 5.74) is 14.7. The van der Waals surface area contributed by atoms with Crippen LogP contribution >= 0.6 is 22.7 Å². The Kier molecular flexibility index (Phi) is 9.32. The van der Waals surface area contributed by atoms with Gasteiger partial charge in [-0.05, 0) is 92.1 Å². The summed E-state index contributed by atoms with van der Waals surface area (Å²) in [4.78, 5) is 5.73. The molecule has 0 unspecified atom stereocenters. The van der Waals surface area contributed by atoms with Crippen LogP contribution in [-0.2, 0) is 20.1 Å². The van der Waals surface area contributed by atoms with Gasteiger partial charge in [0.15, 0.2) is 0 Å². The van der Waals surface area contributed by atoms with Crippen molar-refractivity contribution < 1.29 is 24.5 Å². The van der Waals surface area contributed by atoms with Gasteiger partial charge in [0.25, 0.3) is 0 Å². The third-order valence-corrected chi connectivity index (χ3v) is 13.8. The van der Waals surface area contributed by atoms with Gasteiger partial charge in [-0.1, -0.05) is 75.8 Å². The Bertz CT molecular complexity index is 3680. The number of para-hydroxylation sites is 2. The number of furan rings is 1. The summed E-state index contributed by atoms with van der Waals surface area (Å²) < 4.78 is 15.3. The third-order valence-electron chi connectivity index (χ3n) is 11.7. The van der Waals surface area contributed by atoms with Crippen molar-refractivity contribution in [3.8, 4) is 33.2 Å². The number of pyridine rings is 1. The molecule has 0 spiro atoms. The van der Waals surface area contributed by atoms with E-state index in [1.165, 1.54) is 69.4 Å². The zero-order chi connectivity index (χ0) is 40.8. The SMILES string of the molecule is Cc1cc(C)c(-n2ccnc2-c2[c-]cccc2)c(C)c1.[Ir].[c-]1csc2c3cc(-c4ccc5oc6ccc(-n7c8ccccc8c8ccccc87)cc6c5c4)sc3c3ccnn3c12. The van der Waals surface area contributed by atoms with E-state index >= 15 is 0 Å². The molecular formula is C53H35IrN5OS2-2. The number of rotatable bonds is 4. The predicted octanol–water partition coefficient (Wildman–Crippen LogP) is 14.5. The van der Waals surface area contributed by atoms with Gasteiger partial charge in [0, 0.05) is 81.2 Å². The van der Waals surface area contributed by atoms with E-state index in [9.17, 15) is 0 Å². The first-order valence-electron chi connectivity index (χ1n) is 20.2. The van der Waals surface area contributed by atoms with Crippen LogP contribution in [0.1, 0.15) is 16.7 Å². The van der Waals surface area contributed by atoms with Gasteiger partial charge in [0.1, 0.15) is 11.2 Å². The van der Waals surface area contributed by atoms with Crippen molar-refractivity contribution in [1.29, 1.82) is 0 Å². The van der Waals surface area contributed by atoms with Crippen LogP contribution in [0.15, 0.2) is 162 Å². The summed E-state index contributed by atoms with van der Waals surface area (Å²) in [6.45, 7) is 6.42. The predicted molar refractivity (Wildman–Crippen MR) is 254 cm³/mol. The van der Waals surface area contributed by atoms with Crippen LogP contribution in [0.25, 0.3) is 103 Å². The van der Waals surface area contributed by atoms with Crippen LogP contribution in [0.5, 0.6) is 0 Å². The maximum absolute atomic E-state index is 6.32. The van der Waals surface area contributed by atoms with Crippen molar-refractivity contribution in [2.75, 3.05) is 0 Å². The Morgan fingerprint density at radius 2 is 1.35 bits per heavy atom. The van der Waals surface area contributed by atoms with Gasteiger partial charge >= 0.3 is 0 Å². The summed E-state index contributed by atoms with van der Waals surface area (Å²) >= 11 is 3.54. The fourth-order valence-corrected chi connectivity index (χ4v) is 11.3. The minimum Gasteiger partial charge on any atom is -0.456 e. The van der Waals surface area contributed by atoms with Gasteiger partial charge in [-0.15, -0.1) is 52.6 Å². The van der Waals surface area contributed by atoms with E-state index in [1.807, 2.05) is 64.1 Å². The Morgan fingerprint density at radius 1 is 0.629 bits per heavy atom. The van der Waals surface area contributed by atoms with Crippen molar-refractivity contribution in [2.45, 2.75) is 20.8 Å². The molecular weight excluding hydrogens is 979 g/mol. The van der Waals surface area contributed by atoms with E-state index in [0.717, 1.165) is 50.0 Å². The summed E-state index contributed by atoms with van der Waals surface area (Å²) in [6.07, 6.45) is 5.73. The van der Waals surface area contributed by atoms with E-state index in [-0.39, 0.29) is 20.1 Å². The average molecular weight is 1010 g/mol. The monoisotopic (exact) mass is 1010 g/mol. The molecule has 62 heavy (non-hydrogen) atoms. The molecule has 0 bridgehead atoms. The van der Waals surface area contributed by atoms with E-state index < -0.39 is 0 Å². The Hall–Kier alpha value is -6.61. The van der Waals surface area contributed by atoms with Crippen LogP contribution in [0.4, 0.5) is 0 Å². The molecule has 0 amide bonds. The Morgan fingerprint density at radius 3 is 2.11 bits per heavy atom. The topological polar surface area (TPSA) is 53.2 Å². The van der Waals surface area contributed by atoms with Crippen molar-refractivity contribution in [3.63, 3.8) is 0 Å². The van der Waals surface area contributed by atoms with Crippen molar-refractivity contribution in [2.24, 2.45) is 0 Å². The number of imidazole rings is 1. The van der Waals surface area contributed by atoms with Gasteiger partial charge in [0.2, 0.25) is 0 Å². The molecule has 0 aliphatic heterocycles. The van der Waals surface area contributed by atoms with Crippen LogP contribution in [0.3, 0.4) is 0 Å². The number of hydrogen-bond donors (Lipinski definition) is 0. The summed E-state index contributed by atoms with van der Waals surface area (Å²) in [7, 11) is 0. The Labute approximate surface area is 378 Å². The zero-order valence-electron chi connectivity index (χ0n) is 33.8. The molecule has 301 valence electrons. The van der Waals surface area contributed by atoms with Crippen molar-refractivity contribution in [3.05, 3.63) is 186 Å². The molecule has 0 N–H and O–H groups in total. The van der Waals surface area contributed by atoms with E-state index in [2.05, 4.69) is 161 Å². The normalized spacial score (nSPS) is 11.7. The summed E-state index contributed by atoms with van der Waals surface area (Å²) in [5, 5.41) is 12.6. The standard InChI is InChI=1S/C35H18N3OS2.C18H17N2.Ir/c1-3-7-27-22(5-1)23-6-2-4-8-28(23)37(27)21-10-12-32-25(18-21)24-17-20(9-11-31(24)39-32)33-19-26-34-30(14-16-40-34)38-29(13-15-36-38)35(26)41-33;1-13-11-14(2)17(15(3)12-13)20-10-9-19-18(20)16-7-5-4-6-8-16;/h1-13,15-19H;4-7,9-12H,1-3H3;/q2*-1;. The van der Waals surface area contributed by atoms with Crippen molar-refractivity contribution in [1.82, 2.24) is 23.7 Å². The summed E-state index contributed by atoms with van der Waals surface area (Å²) in [6, 6.07) is 53.8. The molecule has 9 heteroatoms. The second-order valence-corrected chi connectivity index (χ2v) is 17.5. The molecule has 7 heterocycles. The molecule has 13 aromatic rings. The minimum atomic E-state index is 0. The largest absolute Gasteiger partial charge is 0.456 e. The molecule has 0 aliphatic carbocycles. The minimum absolute atomic E-state index is 0. The van der Waals surface area contributed by atoms with Gasteiger partial charge in [-0.25, -0.2) is 6.07 Å². The number of nitrogens with zero attached hydrogens (tertiary/aromatic N) is 5. The molecule has 1 radical (unpaired) electrons. The number of fused-ring (bicyclic) bond motifs is 12. The average Bonchev–Trinajstić information content (AvgIpc) is 4.14. The fraction of sp³-hybridized carbons (Fsp3) is 0.0566. The number of benzene rings is 6. The van der Waals surface area contributed by atoms with Crippen LogP contribution in [-0.4, -0.2) is 23.7 Å². The second-order valence-electron chi connectivity index (χ2n) is 15.5. The maximum atomic E-state index is 6.32. The quantitative estimate of drug-likeness (QED) is 0.165. The molecule has 6 aromatic carbocycles. The molecule has 0 fully saturated rings. The van der Waals surface area contributed by atoms with Crippen LogP contribution in [0, 0.1) is 32.9 Å². The molecule has 7 aromatic heterocycles. The van der Waals surface area contributed by atoms with E-state index in [4.69, 9.17) is 4.42 Å². The molecule has 0 saturated carbocycles. The fourth-order valence-electron chi connectivity index (χ4n) is 9.19. The van der Waals surface area contributed by atoms with E-state index in [0.29, 0.717) is 0 Å². The van der Waals surface area contributed by atoms with Crippen molar-refractivity contribution >= 4 is 92.2 Å². The van der Waals surface area contributed by atoms with Gasteiger partial charge in [-0.2, -0.15) is 5.10 Å². The van der Waals surface area contributed by atoms with Gasteiger partial charge < -0.3 is 13.6 Å². The molecule has 0 atom stereocenters. The summed E-state index contributed by atoms with van der Waals surface area (Å²) in [5.74, 6) is 0.931. The first-order valence-corrected chi connectivity index (χ1v) is 21.9. The molecule has 6 nitrogen and oxygen atoms in total. The number of thiophene rings is 2. The smallest absolute Gasteiger partial charge is 0.135 e. The van der Waals surface area contributed by atoms with Gasteiger partial charge in [0.05, 0.1) is 22.4 Å². The number of aromatic nitrogens is 5. The third kappa shape index (κ3) is 6.07. The molecule has 0 saturated heterocycles. The second kappa shape index (κ2) is 15.1. The first kappa shape index (κ1) is 38.3. The maximum Gasteiger partial charge on any atom is 0.135 e. The molecule has 0 aliphatic rings. The van der Waals surface area contributed by atoms with Crippen LogP contribution < -0.4 is 0 Å². The Balaban J connectivity index is 0.000000174.